The number of fused-ring (bicyclic) bond motifs is 1. The first-order valence-electron chi connectivity index (χ1n) is 9.50. The molecule has 0 fully saturated rings. The number of aryl methyl sites for hydroxylation is 2. The van der Waals surface area contributed by atoms with Crippen LogP contribution in [0.4, 0.5) is 5.69 Å². The minimum Gasteiger partial charge on any atom is -0.497 e. The molecule has 4 rings (SSSR count). The third-order valence-corrected chi connectivity index (χ3v) is 5.54. The predicted octanol–water partition coefficient (Wildman–Crippen LogP) is 4.92. The first-order valence-corrected chi connectivity index (χ1v) is 9.91. The number of rotatable bonds is 3. The van der Waals surface area contributed by atoms with Crippen molar-refractivity contribution in [2.45, 2.75) is 26.4 Å². The van der Waals surface area contributed by atoms with Gasteiger partial charge >= 0.3 is 0 Å². The Kier molecular flexibility index (Phi) is 5.09. The maximum Gasteiger partial charge on any atom is 0.174 e. The van der Waals surface area contributed by atoms with E-state index in [0.29, 0.717) is 0 Å². The minimum atomic E-state index is 0.0700. The average Bonchev–Trinajstić information content (AvgIpc) is 3.15. The molecule has 144 valence electrons. The SMILES string of the molecule is COc1ccc([C@H]2c3cccn3CCN2C(=S)Nc2cc(C)cc(C)c2)cc1. The molecule has 1 aliphatic heterocycles. The van der Waals surface area contributed by atoms with E-state index in [0.717, 1.165) is 29.6 Å². The summed E-state index contributed by atoms with van der Waals surface area (Å²) in [6, 6.07) is 19.1. The molecule has 0 radical (unpaired) electrons. The zero-order valence-electron chi connectivity index (χ0n) is 16.5. The molecule has 3 aromatic rings. The van der Waals surface area contributed by atoms with Gasteiger partial charge < -0.3 is 19.5 Å². The number of methoxy groups -OCH3 is 1. The fourth-order valence-corrected chi connectivity index (χ4v) is 4.30. The number of nitrogens with zero attached hydrogens (tertiary/aromatic N) is 2. The number of anilines is 1. The first kappa shape index (κ1) is 18.6. The van der Waals surface area contributed by atoms with Crippen LogP contribution in [0.3, 0.4) is 0 Å². The monoisotopic (exact) mass is 391 g/mol. The van der Waals surface area contributed by atoms with Crippen LogP contribution in [-0.2, 0) is 6.54 Å². The van der Waals surface area contributed by atoms with Crippen molar-refractivity contribution in [3.63, 3.8) is 0 Å². The molecule has 0 amide bonds. The second-order valence-electron chi connectivity index (χ2n) is 7.30. The Morgan fingerprint density at radius 3 is 2.43 bits per heavy atom. The maximum absolute atomic E-state index is 5.85. The highest BCUT2D eigenvalue weighted by molar-refractivity contribution is 7.80. The molecule has 1 atom stereocenters. The summed E-state index contributed by atoms with van der Waals surface area (Å²) in [4.78, 5) is 2.28. The van der Waals surface area contributed by atoms with E-state index in [1.165, 1.54) is 22.4 Å². The van der Waals surface area contributed by atoms with E-state index < -0.39 is 0 Å². The van der Waals surface area contributed by atoms with Gasteiger partial charge in [-0.15, -0.1) is 0 Å². The van der Waals surface area contributed by atoms with E-state index in [-0.39, 0.29) is 6.04 Å². The molecule has 1 aliphatic rings. The Labute approximate surface area is 171 Å². The molecule has 0 unspecified atom stereocenters. The smallest absolute Gasteiger partial charge is 0.174 e. The van der Waals surface area contributed by atoms with Crippen molar-refractivity contribution in [2.75, 3.05) is 19.0 Å². The van der Waals surface area contributed by atoms with E-state index in [1.54, 1.807) is 7.11 Å². The Morgan fingerprint density at radius 1 is 1.04 bits per heavy atom. The van der Waals surface area contributed by atoms with Crippen molar-refractivity contribution < 1.29 is 4.74 Å². The molecular weight excluding hydrogens is 366 g/mol. The summed E-state index contributed by atoms with van der Waals surface area (Å²) in [7, 11) is 1.69. The fraction of sp³-hybridized carbons (Fsp3) is 0.261. The number of nitrogens with one attached hydrogen (secondary N) is 1. The van der Waals surface area contributed by atoms with Gasteiger partial charge in [-0.2, -0.15) is 0 Å². The molecule has 5 heteroatoms. The van der Waals surface area contributed by atoms with Gasteiger partial charge in [0.15, 0.2) is 5.11 Å². The molecule has 28 heavy (non-hydrogen) atoms. The molecule has 2 aromatic carbocycles. The number of thiocarbonyl (C=S) groups is 1. The lowest BCUT2D eigenvalue weighted by Crippen LogP contribution is -2.44. The number of ether oxygens (including phenoxy) is 1. The zero-order chi connectivity index (χ0) is 19.7. The highest BCUT2D eigenvalue weighted by Crippen LogP contribution is 2.33. The summed E-state index contributed by atoms with van der Waals surface area (Å²) in [5, 5.41) is 4.21. The normalized spacial score (nSPS) is 15.8. The van der Waals surface area contributed by atoms with Crippen LogP contribution < -0.4 is 10.1 Å². The van der Waals surface area contributed by atoms with E-state index in [9.17, 15) is 0 Å². The lowest BCUT2D eigenvalue weighted by Gasteiger charge is -2.39. The van der Waals surface area contributed by atoms with Gasteiger partial charge in [0, 0.05) is 30.7 Å². The van der Waals surface area contributed by atoms with Gasteiger partial charge in [-0.3, -0.25) is 0 Å². The third-order valence-electron chi connectivity index (χ3n) is 5.20. The van der Waals surface area contributed by atoms with E-state index in [4.69, 9.17) is 17.0 Å². The zero-order valence-corrected chi connectivity index (χ0v) is 17.3. The van der Waals surface area contributed by atoms with Crippen LogP contribution in [0.5, 0.6) is 5.75 Å². The summed E-state index contributed by atoms with van der Waals surface area (Å²) in [6.45, 7) is 5.99. The van der Waals surface area contributed by atoms with Crippen LogP contribution in [0, 0.1) is 13.8 Å². The molecule has 0 bridgehead atoms. The van der Waals surface area contributed by atoms with Gasteiger partial charge in [0.05, 0.1) is 13.2 Å². The minimum absolute atomic E-state index is 0.0700. The van der Waals surface area contributed by atoms with Gasteiger partial charge in [-0.05, 0) is 79.2 Å². The number of aromatic nitrogens is 1. The van der Waals surface area contributed by atoms with Crippen molar-refractivity contribution in [1.82, 2.24) is 9.47 Å². The predicted molar refractivity (Wildman–Crippen MR) is 118 cm³/mol. The molecular formula is C23H25N3OS. The van der Waals surface area contributed by atoms with E-state index >= 15 is 0 Å². The lowest BCUT2D eigenvalue weighted by molar-refractivity contribution is 0.293. The lowest BCUT2D eigenvalue weighted by atomic mass is 10.00. The summed E-state index contributed by atoms with van der Waals surface area (Å²) < 4.78 is 7.64. The van der Waals surface area contributed by atoms with Gasteiger partial charge in [0.25, 0.3) is 0 Å². The molecule has 0 spiro atoms. The van der Waals surface area contributed by atoms with E-state index in [1.807, 2.05) is 12.1 Å². The largest absolute Gasteiger partial charge is 0.497 e. The summed E-state index contributed by atoms with van der Waals surface area (Å²) in [6.07, 6.45) is 2.14. The van der Waals surface area contributed by atoms with Crippen LogP contribution in [0.15, 0.2) is 60.8 Å². The Morgan fingerprint density at radius 2 is 1.75 bits per heavy atom. The summed E-state index contributed by atoms with van der Waals surface area (Å²) in [5.41, 5.74) is 5.94. The Hall–Kier alpha value is -2.79. The van der Waals surface area contributed by atoms with Crippen molar-refractivity contribution in [2.24, 2.45) is 0 Å². The highest BCUT2D eigenvalue weighted by Gasteiger charge is 2.30. The first-order chi connectivity index (χ1) is 13.5. The molecule has 0 saturated carbocycles. The van der Waals surface area contributed by atoms with Crippen molar-refractivity contribution in [3.8, 4) is 5.75 Å². The Bertz CT molecular complexity index is 973. The van der Waals surface area contributed by atoms with E-state index in [2.05, 4.69) is 77.3 Å². The van der Waals surface area contributed by atoms with Crippen molar-refractivity contribution >= 4 is 23.0 Å². The number of benzene rings is 2. The Balaban J connectivity index is 1.66. The number of hydrogen-bond acceptors (Lipinski definition) is 2. The van der Waals surface area contributed by atoms with Crippen LogP contribution in [0.1, 0.15) is 28.4 Å². The summed E-state index contributed by atoms with van der Waals surface area (Å²) >= 11 is 5.85. The van der Waals surface area contributed by atoms with Crippen molar-refractivity contribution in [3.05, 3.63) is 83.2 Å². The second-order valence-corrected chi connectivity index (χ2v) is 7.69. The quantitative estimate of drug-likeness (QED) is 0.642. The van der Waals surface area contributed by atoms with Crippen LogP contribution in [0.2, 0.25) is 0 Å². The third kappa shape index (κ3) is 3.62. The van der Waals surface area contributed by atoms with Crippen molar-refractivity contribution in [1.29, 1.82) is 0 Å². The molecule has 0 saturated heterocycles. The molecule has 2 heterocycles. The standard InChI is InChI=1S/C23H25N3OS/c1-16-13-17(2)15-19(14-16)24-23(28)26-12-11-25-10-4-5-21(25)22(26)18-6-8-20(27-3)9-7-18/h4-10,13-15,22H,11-12H2,1-3H3,(H,24,28)/t22-/m0/s1. The van der Waals surface area contributed by atoms with Crippen LogP contribution in [0.25, 0.3) is 0 Å². The van der Waals surface area contributed by atoms with Gasteiger partial charge in [0.2, 0.25) is 0 Å². The summed E-state index contributed by atoms with van der Waals surface area (Å²) in [5.74, 6) is 0.859. The maximum atomic E-state index is 5.85. The molecule has 4 nitrogen and oxygen atoms in total. The average molecular weight is 392 g/mol. The molecule has 1 N–H and O–H groups in total. The van der Waals surface area contributed by atoms with Gasteiger partial charge in [-0.1, -0.05) is 18.2 Å². The topological polar surface area (TPSA) is 29.4 Å². The van der Waals surface area contributed by atoms with Crippen LogP contribution in [-0.4, -0.2) is 28.2 Å². The van der Waals surface area contributed by atoms with Gasteiger partial charge in [-0.25, -0.2) is 0 Å². The fourth-order valence-electron chi connectivity index (χ4n) is 3.98. The molecule has 0 aliphatic carbocycles. The van der Waals surface area contributed by atoms with Crippen LogP contribution >= 0.6 is 12.2 Å². The highest BCUT2D eigenvalue weighted by atomic mass is 32.1. The second kappa shape index (κ2) is 7.68. The molecule has 1 aromatic heterocycles. The number of hydrogen-bond donors (Lipinski definition) is 1. The van der Waals surface area contributed by atoms with Gasteiger partial charge in [0.1, 0.15) is 5.75 Å².